The Morgan fingerprint density at radius 3 is 1.39 bits per heavy atom. The minimum Gasteiger partial charge on any atom is -0.756 e. The number of nitrogens with zero attached hydrogens (tertiary/aromatic N) is 1. The summed E-state index contributed by atoms with van der Waals surface area (Å²) in [4.78, 5) is 37.6. The van der Waals surface area contributed by atoms with Crippen molar-refractivity contribution in [1.82, 2.24) is 0 Å². The Hall–Kier alpha value is -2.03. The number of ether oxygens (including phenoxy) is 2. The van der Waals surface area contributed by atoms with E-state index in [1.54, 1.807) is 0 Å². The van der Waals surface area contributed by atoms with Gasteiger partial charge in [-0.3, -0.25) is 14.2 Å². The molecule has 1 unspecified atom stereocenters. The summed E-state index contributed by atoms with van der Waals surface area (Å²) in [5.41, 5.74) is 0. The largest absolute Gasteiger partial charge is 0.756 e. The predicted molar refractivity (Wildman–Crippen MR) is 254 cm³/mol. The highest BCUT2D eigenvalue weighted by Crippen LogP contribution is 2.38. The van der Waals surface area contributed by atoms with Gasteiger partial charge in [-0.2, -0.15) is 0 Å². The smallest absolute Gasteiger partial charge is 0.306 e. The number of phosphoric ester groups is 1. The van der Waals surface area contributed by atoms with E-state index in [1.165, 1.54) is 116 Å². The summed E-state index contributed by atoms with van der Waals surface area (Å²) in [6.45, 7) is 4.09. The van der Waals surface area contributed by atoms with Crippen molar-refractivity contribution in [1.29, 1.82) is 0 Å². The first-order valence-corrected chi connectivity index (χ1v) is 26.3. The van der Waals surface area contributed by atoms with Crippen LogP contribution in [0.3, 0.4) is 0 Å². The molecule has 0 saturated heterocycles. The molecule has 0 aromatic heterocycles. The zero-order valence-corrected chi connectivity index (χ0v) is 41.0. The Balaban J connectivity index is 4.27. The van der Waals surface area contributed by atoms with E-state index in [-0.39, 0.29) is 26.1 Å². The van der Waals surface area contributed by atoms with Crippen LogP contribution in [0.2, 0.25) is 0 Å². The molecule has 2 atom stereocenters. The number of esters is 2. The second kappa shape index (κ2) is 43.2. The lowest BCUT2D eigenvalue weighted by molar-refractivity contribution is -0.870. The Bertz CT molecular complexity index is 1180. The number of phosphoric acid groups is 1. The number of quaternary nitrogens is 1. The summed E-state index contributed by atoms with van der Waals surface area (Å²) in [5, 5.41) is 0. The van der Waals surface area contributed by atoms with Crippen LogP contribution in [-0.2, 0) is 32.7 Å². The molecule has 0 spiro atoms. The fourth-order valence-electron chi connectivity index (χ4n) is 6.76. The molecule has 0 saturated carbocycles. The number of allylic oxidation sites excluding steroid dienone is 8. The number of carbonyl (C=O) groups excluding carboxylic acids is 2. The zero-order valence-electron chi connectivity index (χ0n) is 40.1. The topological polar surface area (TPSA) is 111 Å². The van der Waals surface area contributed by atoms with Crippen LogP contribution in [-0.4, -0.2) is 70.0 Å². The molecule has 0 aliphatic rings. The SMILES string of the molecule is CC/C=C/C/C=C/C/C=C/C/C=C/CCCCC(=O)OC[C@H](COP(=O)([O-])OCC[N+](C)(C)C)OC(=O)CCCCCCCCCCCCCCCCCCCCCCCC. The monoisotopic (exact) mass is 880 g/mol. The zero-order chi connectivity index (χ0) is 45.0. The maximum absolute atomic E-state index is 12.7. The molecule has 0 aromatic carbocycles. The van der Waals surface area contributed by atoms with Crippen LogP contribution in [0.4, 0.5) is 0 Å². The van der Waals surface area contributed by atoms with E-state index in [0.717, 1.165) is 57.8 Å². The molecule has 9 nitrogen and oxygen atoms in total. The quantitative estimate of drug-likeness (QED) is 0.0195. The van der Waals surface area contributed by atoms with Crippen LogP contribution < -0.4 is 4.89 Å². The highest BCUT2D eigenvalue weighted by molar-refractivity contribution is 7.45. The van der Waals surface area contributed by atoms with E-state index in [1.807, 2.05) is 21.1 Å². The lowest BCUT2D eigenvalue weighted by Gasteiger charge is -2.28. The average molecular weight is 880 g/mol. The van der Waals surface area contributed by atoms with E-state index in [4.69, 9.17) is 18.5 Å². The van der Waals surface area contributed by atoms with Crippen molar-refractivity contribution in [2.24, 2.45) is 0 Å². The van der Waals surface area contributed by atoms with Gasteiger partial charge in [0, 0.05) is 12.8 Å². The first kappa shape index (κ1) is 59.0. The average Bonchev–Trinajstić information content (AvgIpc) is 3.21. The molecule has 0 radical (unpaired) electrons. The maximum Gasteiger partial charge on any atom is 0.306 e. The molecule has 0 fully saturated rings. The highest BCUT2D eigenvalue weighted by atomic mass is 31.2. The Kier molecular flexibility index (Phi) is 41.8. The number of likely N-dealkylation sites (N-methyl/N-ethyl adjacent to an activating group) is 1. The van der Waals surface area contributed by atoms with Gasteiger partial charge in [0.15, 0.2) is 6.10 Å². The second-order valence-corrected chi connectivity index (χ2v) is 19.2. The number of rotatable bonds is 45. The third-order valence-corrected chi connectivity index (χ3v) is 11.6. The van der Waals surface area contributed by atoms with Crippen LogP contribution in [0.1, 0.15) is 213 Å². The lowest BCUT2D eigenvalue weighted by Crippen LogP contribution is -2.37. The predicted octanol–water partition coefficient (Wildman–Crippen LogP) is 14.0. The Morgan fingerprint density at radius 1 is 0.525 bits per heavy atom. The van der Waals surface area contributed by atoms with Crippen molar-refractivity contribution < 1.29 is 42.1 Å². The van der Waals surface area contributed by atoms with E-state index < -0.39 is 32.5 Å². The fraction of sp³-hybridized carbons (Fsp3) is 0.804. The first-order chi connectivity index (χ1) is 29.5. The van der Waals surface area contributed by atoms with Gasteiger partial charge in [-0.1, -0.05) is 197 Å². The van der Waals surface area contributed by atoms with Crippen LogP contribution in [0.25, 0.3) is 0 Å². The fourth-order valence-corrected chi connectivity index (χ4v) is 7.49. The van der Waals surface area contributed by atoms with Gasteiger partial charge in [0.05, 0.1) is 27.7 Å². The molecule has 0 bridgehead atoms. The van der Waals surface area contributed by atoms with Gasteiger partial charge in [-0.25, -0.2) is 0 Å². The van der Waals surface area contributed by atoms with E-state index in [2.05, 4.69) is 62.5 Å². The van der Waals surface area contributed by atoms with Gasteiger partial charge in [-0.15, -0.1) is 0 Å². The summed E-state index contributed by atoms with van der Waals surface area (Å²) >= 11 is 0. The molecular weight excluding hydrogens is 786 g/mol. The molecule has 0 amide bonds. The first-order valence-electron chi connectivity index (χ1n) is 24.8. The Morgan fingerprint density at radius 2 is 0.934 bits per heavy atom. The molecular formula is C51H94NO8P. The molecule has 0 rings (SSSR count). The minimum absolute atomic E-state index is 0.0376. The van der Waals surface area contributed by atoms with Crippen molar-refractivity contribution in [2.75, 3.05) is 47.5 Å². The van der Waals surface area contributed by atoms with Crippen LogP contribution in [0, 0.1) is 0 Å². The molecule has 356 valence electrons. The second-order valence-electron chi connectivity index (χ2n) is 17.8. The molecule has 0 N–H and O–H groups in total. The maximum atomic E-state index is 12.7. The number of carbonyl (C=O) groups is 2. The van der Waals surface area contributed by atoms with Crippen LogP contribution >= 0.6 is 7.82 Å². The van der Waals surface area contributed by atoms with Gasteiger partial charge in [-0.05, 0) is 51.4 Å². The lowest BCUT2D eigenvalue weighted by atomic mass is 10.0. The number of hydrogen-bond acceptors (Lipinski definition) is 8. The highest BCUT2D eigenvalue weighted by Gasteiger charge is 2.21. The molecule has 0 aliphatic carbocycles. The number of hydrogen-bond donors (Lipinski definition) is 0. The summed E-state index contributed by atoms with van der Waals surface area (Å²) in [7, 11) is 1.14. The van der Waals surface area contributed by atoms with Crippen LogP contribution in [0.5, 0.6) is 0 Å². The molecule has 10 heteroatoms. The van der Waals surface area contributed by atoms with Crippen molar-refractivity contribution in [3.63, 3.8) is 0 Å². The summed E-state index contributed by atoms with van der Waals surface area (Å²) in [6, 6.07) is 0. The van der Waals surface area contributed by atoms with Gasteiger partial charge in [0.25, 0.3) is 7.82 Å². The van der Waals surface area contributed by atoms with E-state index >= 15 is 0 Å². The van der Waals surface area contributed by atoms with Crippen molar-refractivity contribution in [2.45, 2.75) is 219 Å². The molecule has 0 aliphatic heterocycles. The molecule has 61 heavy (non-hydrogen) atoms. The Labute approximate surface area is 375 Å². The third-order valence-electron chi connectivity index (χ3n) is 10.6. The molecule has 0 heterocycles. The standard InChI is InChI=1S/C51H94NO8P/c1-6-8-10-12-14-16-18-20-22-23-24-25-26-27-28-30-32-34-36-38-40-42-44-51(54)60-49(48-59-61(55,56)58-46-45-52(3,4)5)47-57-50(53)43-41-39-37-35-33-31-29-21-19-17-15-13-11-9-7-2/h9,11,15,17,21,29,33,35,49H,6-8,10,12-14,16,18-20,22-28,30-32,34,36-48H2,1-5H3/b11-9+,17-15+,29-21+,35-33+/t49-/m1/s1. The normalized spacial score (nSPS) is 13.9. The molecule has 0 aromatic rings. The van der Waals surface area contributed by atoms with Gasteiger partial charge >= 0.3 is 11.9 Å². The van der Waals surface area contributed by atoms with Gasteiger partial charge in [0.2, 0.25) is 0 Å². The summed E-state index contributed by atoms with van der Waals surface area (Å²) in [6.07, 6.45) is 51.5. The van der Waals surface area contributed by atoms with Gasteiger partial charge in [0.1, 0.15) is 19.8 Å². The third kappa shape index (κ3) is 47.3. The van der Waals surface area contributed by atoms with E-state index in [9.17, 15) is 19.0 Å². The van der Waals surface area contributed by atoms with E-state index in [0.29, 0.717) is 23.9 Å². The van der Waals surface area contributed by atoms with Crippen molar-refractivity contribution >= 4 is 19.8 Å². The summed E-state index contributed by atoms with van der Waals surface area (Å²) in [5.74, 6) is -0.877. The number of unbranched alkanes of at least 4 members (excludes halogenated alkanes) is 23. The van der Waals surface area contributed by atoms with Gasteiger partial charge < -0.3 is 27.9 Å². The van der Waals surface area contributed by atoms with Crippen molar-refractivity contribution in [3.05, 3.63) is 48.6 Å². The van der Waals surface area contributed by atoms with Crippen LogP contribution in [0.15, 0.2) is 48.6 Å². The summed E-state index contributed by atoms with van der Waals surface area (Å²) < 4.78 is 34.0. The van der Waals surface area contributed by atoms with Crippen molar-refractivity contribution in [3.8, 4) is 0 Å². The minimum atomic E-state index is -4.64.